The summed E-state index contributed by atoms with van der Waals surface area (Å²) in [5.41, 5.74) is 0. The lowest BCUT2D eigenvalue weighted by molar-refractivity contribution is -0.217. The Morgan fingerprint density at radius 3 is 2.62 bits per heavy atom. The highest BCUT2D eigenvalue weighted by Gasteiger charge is 2.18. The Labute approximate surface area is 151 Å². The summed E-state index contributed by atoms with van der Waals surface area (Å²) in [6.45, 7) is 1.53. The van der Waals surface area contributed by atoms with Crippen molar-refractivity contribution in [1.29, 1.82) is 0 Å². The molecule has 1 heterocycles. The summed E-state index contributed by atoms with van der Waals surface area (Å²) in [6, 6.07) is 4.79. The molecule has 0 aliphatic rings. The molecule has 12 heteroatoms. The summed E-state index contributed by atoms with van der Waals surface area (Å²) < 4.78 is 32.9. The van der Waals surface area contributed by atoms with E-state index >= 15 is 0 Å². The minimum absolute atomic E-state index is 0.0683. The molecular weight excluding hydrogens is 451 g/mol. The van der Waals surface area contributed by atoms with E-state index in [2.05, 4.69) is 19.3 Å². The lowest BCUT2D eigenvalue weighted by Crippen LogP contribution is -2.47. The highest BCUT2D eigenvalue weighted by atomic mass is 127. The summed E-state index contributed by atoms with van der Waals surface area (Å²) >= 11 is 1.83. The lowest BCUT2D eigenvalue weighted by Gasteiger charge is -2.22. The van der Waals surface area contributed by atoms with Crippen molar-refractivity contribution in [1.82, 2.24) is 15.0 Å². The Morgan fingerprint density at radius 2 is 2.00 bits per heavy atom. The van der Waals surface area contributed by atoms with E-state index in [0.29, 0.717) is 8.58 Å². The van der Waals surface area contributed by atoms with Crippen LogP contribution in [0.4, 0.5) is 5.95 Å². The molecule has 0 aliphatic carbocycles. The van der Waals surface area contributed by atoms with Crippen molar-refractivity contribution < 1.29 is 18.3 Å². The largest absolute Gasteiger partial charge is 0.844 e. The predicted octanol–water partition coefficient (Wildman–Crippen LogP) is -0.421. The van der Waals surface area contributed by atoms with Gasteiger partial charge in [0.1, 0.15) is 10.7 Å². The number of hydrogen-bond donors (Lipinski definition) is 1. The van der Waals surface area contributed by atoms with Gasteiger partial charge in [-0.1, -0.05) is 12.1 Å². The fourth-order valence-corrected chi connectivity index (χ4v) is 3.76. The number of rotatable bonds is 4. The Bertz CT molecular complexity index is 889. The SMILES string of the molecule is COc1nc(C)nc(N(N)C([O-])=NS(=O)(=O)c2ccccc2I)n1. The van der Waals surface area contributed by atoms with Gasteiger partial charge in [0.25, 0.3) is 16.0 Å². The molecular formula is C12H12IN6O4S-. The minimum atomic E-state index is -4.23. The van der Waals surface area contributed by atoms with Crippen molar-refractivity contribution in [3.05, 3.63) is 33.7 Å². The summed E-state index contributed by atoms with van der Waals surface area (Å²) in [5.74, 6) is 5.52. The summed E-state index contributed by atoms with van der Waals surface area (Å²) in [5, 5.41) is 12.5. The molecule has 0 unspecified atom stereocenters. The number of ether oxygens (including phenoxy) is 1. The van der Waals surface area contributed by atoms with Gasteiger partial charge in [0, 0.05) is 3.57 Å². The molecule has 0 aliphatic heterocycles. The molecule has 0 atom stereocenters. The molecule has 2 aromatic rings. The quantitative estimate of drug-likeness (QED) is 0.210. The number of halogens is 1. The maximum atomic E-state index is 12.2. The smallest absolute Gasteiger partial charge is 0.321 e. The highest BCUT2D eigenvalue weighted by Crippen LogP contribution is 2.19. The second kappa shape index (κ2) is 7.23. The van der Waals surface area contributed by atoms with Crippen LogP contribution in [-0.4, -0.2) is 36.5 Å². The van der Waals surface area contributed by atoms with Crippen LogP contribution in [0.1, 0.15) is 5.82 Å². The van der Waals surface area contributed by atoms with E-state index in [0.717, 1.165) is 0 Å². The number of amidine groups is 1. The molecule has 0 amide bonds. The third kappa shape index (κ3) is 4.07. The molecule has 128 valence electrons. The van der Waals surface area contributed by atoms with E-state index in [1.54, 1.807) is 12.1 Å². The number of anilines is 1. The first-order valence-corrected chi connectivity index (χ1v) is 8.84. The van der Waals surface area contributed by atoms with E-state index in [1.165, 1.54) is 26.2 Å². The van der Waals surface area contributed by atoms with Gasteiger partial charge in [-0.05, 0) is 41.6 Å². The van der Waals surface area contributed by atoms with Crippen LogP contribution in [0.3, 0.4) is 0 Å². The third-order valence-electron chi connectivity index (χ3n) is 2.63. The molecule has 0 bridgehead atoms. The van der Waals surface area contributed by atoms with Gasteiger partial charge < -0.3 is 9.84 Å². The normalized spacial score (nSPS) is 12.1. The molecule has 24 heavy (non-hydrogen) atoms. The number of hydrogen-bond acceptors (Lipinski definition) is 8. The number of nitrogens with zero attached hydrogens (tertiary/aromatic N) is 5. The van der Waals surface area contributed by atoms with Gasteiger partial charge in [0.2, 0.25) is 0 Å². The van der Waals surface area contributed by atoms with Crippen LogP contribution in [0.5, 0.6) is 6.01 Å². The standard InChI is InChI=1S/C12H13IN6O4S/c1-7-15-10(17-11(16-7)23-2)19(14)12(20)18-24(21,22)9-6-4-3-5-8(9)13/h3-6H,14H2,1-2H3,(H,18,20)/p-1. The van der Waals surface area contributed by atoms with E-state index in [-0.39, 0.29) is 22.7 Å². The van der Waals surface area contributed by atoms with Crippen molar-refractivity contribution in [2.45, 2.75) is 11.8 Å². The number of nitrogens with two attached hydrogens (primary N) is 1. The number of hydrazine groups is 1. The number of aromatic nitrogens is 3. The summed E-state index contributed by atoms with van der Waals surface area (Å²) in [7, 11) is -2.90. The maximum Gasteiger partial charge on any atom is 0.321 e. The Balaban J connectivity index is 2.40. The summed E-state index contributed by atoms with van der Waals surface area (Å²) in [6.07, 6.45) is 0. The molecule has 0 radical (unpaired) electrons. The van der Waals surface area contributed by atoms with Crippen LogP contribution in [0, 0.1) is 10.5 Å². The predicted molar refractivity (Wildman–Crippen MR) is 91.6 cm³/mol. The molecule has 0 saturated heterocycles. The maximum absolute atomic E-state index is 12.2. The number of methoxy groups -OCH3 is 1. The Morgan fingerprint density at radius 1 is 1.33 bits per heavy atom. The number of sulfonamides is 1. The average molecular weight is 463 g/mol. The first-order valence-electron chi connectivity index (χ1n) is 6.32. The molecule has 1 aromatic heterocycles. The second-order valence-corrected chi connectivity index (χ2v) is 7.05. The fourth-order valence-electron chi connectivity index (χ4n) is 1.58. The third-order valence-corrected chi connectivity index (χ3v) is 5.25. The van der Waals surface area contributed by atoms with Gasteiger partial charge in [-0.3, -0.25) is 0 Å². The van der Waals surface area contributed by atoms with Crippen LogP contribution in [-0.2, 0) is 10.0 Å². The minimum Gasteiger partial charge on any atom is -0.844 e. The number of benzene rings is 1. The molecule has 1 aromatic carbocycles. The topological polar surface area (TPSA) is 147 Å². The van der Waals surface area contributed by atoms with E-state index in [4.69, 9.17) is 10.6 Å². The Hall–Kier alpha value is -2.06. The van der Waals surface area contributed by atoms with Gasteiger partial charge >= 0.3 is 6.01 Å². The van der Waals surface area contributed by atoms with Gasteiger partial charge in [0.05, 0.1) is 13.1 Å². The number of aryl methyl sites for hydroxylation is 1. The van der Waals surface area contributed by atoms with Gasteiger partial charge in [-0.2, -0.15) is 27.8 Å². The van der Waals surface area contributed by atoms with Gasteiger partial charge in [-0.25, -0.2) is 10.9 Å². The zero-order chi connectivity index (χ0) is 17.9. The van der Waals surface area contributed by atoms with Gasteiger partial charge in [0.15, 0.2) is 0 Å². The van der Waals surface area contributed by atoms with Crippen molar-refractivity contribution >= 4 is 44.6 Å². The van der Waals surface area contributed by atoms with Gasteiger partial charge in [-0.15, -0.1) is 0 Å². The van der Waals surface area contributed by atoms with Crippen molar-refractivity contribution in [3.63, 3.8) is 0 Å². The zero-order valence-corrected chi connectivity index (χ0v) is 15.5. The zero-order valence-electron chi connectivity index (χ0n) is 12.5. The lowest BCUT2D eigenvalue weighted by atomic mass is 10.4. The van der Waals surface area contributed by atoms with E-state index in [9.17, 15) is 13.5 Å². The molecule has 2 N–H and O–H groups in total. The molecule has 0 saturated carbocycles. The first-order chi connectivity index (χ1) is 11.2. The van der Waals surface area contributed by atoms with Crippen LogP contribution in [0.2, 0.25) is 0 Å². The van der Waals surface area contributed by atoms with E-state index < -0.39 is 16.0 Å². The Kier molecular flexibility index (Phi) is 5.51. The second-order valence-electron chi connectivity index (χ2n) is 4.32. The average Bonchev–Trinajstić information content (AvgIpc) is 2.53. The van der Waals surface area contributed by atoms with E-state index in [1.807, 2.05) is 22.6 Å². The van der Waals surface area contributed by atoms with Crippen LogP contribution in [0.25, 0.3) is 0 Å². The van der Waals surface area contributed by atoms with Crippen LogP contribution < -0.4 is 20.7 Å². The fraction of sp³-hybridized carbons (Fsp3) is 0.167. The molecule has 0 fully saturated rings. The molecule has 0 spiro atoms. The monoisotopic (exact) mass is 463 g/mol. The van der Waals surface area contributed by atoms with Crippen LogP contribution in [0.15, 0.2) is 33.6 Å². The van der Waals surface area contributed by atoms with Crippen LogP contribution >= 0.6 is 22.6 Å². The van der Waals surface area contributed by atoms with Crippen molar-refractivity contribution in [3.8, 4) is 6.01 Å². The first kappa shape index (κ1) is 18.3. The van der Waals surface area contributed by atoms with Crippen molar-refractivity contribution in [2.24, 2.45) is 10.2 Å². The molecule has 2 rings (SSSR count). The van der Waals surface area contributed by atoms with Crippen molar-refractivity contribution in [2.75, 3.05) is 12.1 Å². The highest BCUT2D eigenvalue weighted by molar-refractivity contribution is 14.1. The molecule has 10 nitrogen and oxygen atoms in total. The summed E-state index contributed by atoms with van der Waals surface area (Å²) in [4.78, 5) is 11.4.